The molecule has 76 heavy (non-hydrogen) atoms. The van der Waals surface area contributed by atoms with E-state index in [2.05, 4.69) is 74.6 Å². The minimum absolute atomic E-state index is 0.0546. The number of carbonyl (C=O) groups excluding carboxylic acids is 2. The molecule has 0 spiro atoms. The highest BCUT2D eigenvalue weighted by molar-refractivity contribution is 7.47. The van der Waals surface area contributed by atoms with Crippen molar-refractivity contribution in [3.05, 3.63) is 60.8 Å². The number of allylic oxidation sites excluding steroid dienone is 10. The number of nitrogens with two attached hydrogens (primary N) is 1. The Bertz CT molecular complexity index is 1430. The van der Waals surface area contributed by atoms with Gasteiger partial charge in [-0.1, -0.05) is 306 Å². The van der Waals surface area contributed by atoms with Crippen LogP contribution in [-0.4, -0.2) is 49.3 Å². The summed E-state index contributed by atoms with van der Waals surface area (Å²) in [4.78, 5) is 35.3. The molecule has 0 aliphatic rings. The monoisotopic (exact) mass is 1090 g/mol. The van der Waals surface area contributed by atoms with Crippen LogP contribution in [0.25, 0.3) is 0 Å². The lowest BCUT2D eigenvalue weighted by atomic mass is 10.0. The molecule has 0 fully saturated rings. The summed E-state index contributed by atoms with van der Waals surface area (Å²) in [6, 6.07) is 0. The Morgan fingerprint density at radius 3 is 1.08 bits per heavy atom. The van der Waals surface area contributed by atoms with Crippen LogP contribution in [-0.2, 0) is 32.7 Å². The van der Waals surface area contributed by atoms with Crippen molar-refractivity contribution >= 4 is 19.8 Å². The molecule has 444 valence electrons. The Hall–Kier alpha value is -2.29. The Morgan fingerprint density at radius 1 is 0.408 bits per heavy atom. The summed E-state index contributed by atoms with van der Waals surface area (Å²) in [6.07, 6.45) is 78.7. The second-order valence-corrected chi connectivity index (χ2v) is 23.1. The SMILES string of the molecule is CC/C=C\C/C=C\C/C=C\C/C=C\C/C=C\CCCCCCCCCCCCCCCCCCCC(=O)OC(COC(=O)CCCCCCCCCCCCCCCCCCCCCCCC)COP(=O)(O)OCCN. The first kappa shape index (κ1) is 73.7. The van der Waals surface area contributed by atoms with Gasteiger partial charge in [-0.2, -0.15) is 0 Å². The van der Waals surface area contributed by atoms with Crippen LogP contribution < -0.4 is 5.73 Å². The van der Waals surface area contributed by atoms with Gasteiger partial charge in [0.2, 0.25) is 0 Å². The van der Waals surface area contributed by atoms with Gasteiger partial charge in [-0.05, 0) is 57.8 Å². The van der Waals surface area contributed by atoms with Crippen molar-refractivity contribution in [2.45, 2.75) is 322 Å². The molecule has 2 unspecified atom stereocenters. The first-order valence-corrected chi connectivity index (χ1v) is 33.8. The van der Waals surface area contributed by atoms with Gasteiger partial charge in [-0.25, -0.2) is 4.57 Å². The van der Waals surface area contributed by atoms with Gasteiger partial charge < -0.3 is 20.1 Å². The summed E-state index contributed by atoms with van der Waals surface area (Å²) < 4.78 is 33.1. The third-order valence-corrected chi connectivity index (χ3v) is 15.2. The van der Waals surface area contributed by atoms with E-state index >= 15 is 0 Å². The molecule has 0 bridgehead atoms. The number of rotatable bonds is 61. The highest BCUT2D eigenvalue weighted by Crippen LogP contribution is 2.43. The van der Waals surface area contributed by atoms with Crippen molar-refractivity contribution in [3.8, 4) is 0 Å². The van der Waals surface area contributed by atoms with Crippen LogP contribution >= 0.6 is 7.82 Å². The molecule has 0 amide bonds. The predicted molar refractivity (Wildman–Crippen MR) is 326 cm³/mol. The molecule has 0 aliphatic heterocycles. The minimum atomic E-state index is -4.39. The van der Waals surface area contributed by atoms with Crippen LogP contribution in [0.3, 0.4) is 0 Å². The number of phosphoric ester groups is 1. The molecule has 0 radical (unpaired) electrons. The number of carbonyl (C=O) groups is 2. The molecule has 0 aromatic carbocycles. The molecule has 0 aromatic rings. The van der Waals surface area contributed by atoms with Gasteiger partial charge in [0.15, 0.2) is 6.10 Å². The number of hydrogen-bond acceptors (Lipinski definition) is 8. The third kappa shape index (κ3) is 60.9. The first-order valence-electron chi connectivity index (χ1n) is 32.3. The van der Waals surface area contributed by atoms with Crippen LogP contribution in [0.2, 0.25) is 0 Å². The molecule has 0 rings (SSSR count). The molecular weight excluding hydrogens is 966 g/mol. The maximum Gasteiger partial charge on any atom is 0.472 e. The number of esters is 2. The fraction of sp³-hybridized carbons (Fsp3) is 0.818. The fourth-order valence-corrected chi connectivity index (χ4v) is 10.2. The van der Waals surface area contributed by atoms with Crippen molar-refractivity contribution in [3.63, 3.8) is 0 Å². The summed E-state index contributed by atoms with van der Waals surface area (Å²) in [5.41, 5.74) is 5.39. The van der Waals surface area contributed by atoms with Crippen molar-refractivity contribution in [1.82, 2.24) is 0 Å². The standard InChI is InChI=1S/C66H122NO8P/c1-3-5-7-9-11-13-15-17-19-21-23-25-27-28-29-30-31-32-33-34-35-36-37-39-41-43-45-47-49-51-53-55-57-59-66(69)75-64(63-74-76(70,71)73-61-60-67)62-72-65(68)58-56-54-52-50-48-46-44-42-40-38-26-24-22-20-18-16-14-12-10-8-6-4-2/h5,7,11,13,17,19,23,25,28-29,64H,3-4,6,8-10,12,14-16,18,20-22,24,26-27,30-63,67H2,1-2H3,(H,70,71)/b7-5-,13-11-,19-17-,25-23-,29-28-. The second kappa shape index (κ2) is 61.9. The predicted octanol–water partition coefficient (Wildman–Crippen LogP) is 20.7. The number of unbranched alkanes of at least 4 members (excludes halogenated alkanes) is 38. The van der Waals surface area contributed by atoms with Gasteiger partial charge in [0.25, 0.3) is 0 Å². The zero-order chi connectivity index (χ0) is 55.2. The van der Waals surface area contributed by atoms with E-state index in [9.17, 15) is 19.0 Å². The summed E-state index contributed by atoms with van der Waals surface area (Å²) in [6.45, 7) is 3.69. The summed E-state index contributed by atoms with van der Waals surface area (Å²) in [5.74, 6) is -0.810. The van der Waals surface area contributed by atoms with Gasteiger partial charge in [0, 0.05) is 19.4 Å². The zero-order valence-corrected chi connectivity index (χ0v) is 50.6. The second-order valence-electron chi connectivity index (χ2n) is 21.6. The van der Waals surface area contributed by atoms with Gasteiger partial charge in [-0.3, -0.25) is 18.6 Å². The lowest BCUT2D eigenvalue weighted by Gasteiger charge is -2.19. The lowest BCUT2D eigenvalue weighted by Crippen LogP contribution is -2.29. The molecule has 0 aliphatic carbocycles. The third-order valence-electron chi connectivity index (χ3n) is 14.2. The van der Waals surface area contributed by atoms with Gasteiger partial charge in [-0.15, -0.1) is 0 Å². The van der Waals surface area contributed by atoms with Crippen molar-refractivity contribution in [2.24, 2.45) is 5.73 Å². The molecule has 10 heteroatoms. The maximum absolute atomic E-state index is 12.7. The van der Waals surface area contributed by atoms with Crippen LogP contribution in [0.1, 0.15) is 316 Å². The molecule has 0 saturated heterocycles. The van der Waals surface area contributed by atoms with Crippen LogP contribution in [0.5, 0.6) is 0 Å². The molecule has 0 heterocycles. The normalized spacial score (nSPS) is 13.4. The van der Waals surface area contributed by atoms with E-state index in [4.69, 9.17) is 24.3 Å². The highest BCUT2D eigenvalue weighted by atomic mass is 31.2. The Labute approximate surface area is 469 Å². The number of ether oxygens (including phenoxy) is 2. The van der Waals surface area contributed by atoms with E-state index in [0.717, 1.165) is 70.6 Å². The molecule has 0 aromatic heterocycles. The molecular formula is C66H122NO8P. The lowest BCUT2D eigenvalue weighted by molar-refractivity contribution is -0.161. The molecule has 3 N–H and O–H groups in total. The topological polar surface area (TPSA) is 134 Å². The Balaban J connectivity index is 3.87. The van der Waals surface area contributed by atoms with Gasteiger partial charge in [0.1, 0.15) is 6.61 Å². The van der Waals surface area contributed by atoms with E-state index in [1.165, 1.54) is 212 Å². The fourth-order valence-electron chi connectivity index (χ4n) is 9.43. The number of hydrogen-bond donors (Lipinski definition) is 2. The van der Waals surface area contributed by atoms with Crippen LogP contribution in [0.4, 0.5) is 0 Å². The zero-order valence-electron chi connectivity index (χ0n) is 49.7. The Morgan fingerprint density at radius 2 is 0.724 bits per heavy atom. The van der Waals surface area contributed by atoms with Crippen molar-refractivity contribution in [2.75, 3.05) is 26.4 Å². The van der Waals surface area contributed by atoms with E-state index in [1.807, 2.05) is 0 Å². The number of phosphoric acid groups is 1. The summed E-state index contributed by atoms with van der Waals surface area (Å²) in [7, 11) is -4.39. The van der Waals surface area contributed by atoms with E-state index < -0.39 is 26.5 Å². The van der Waals surface area contributed by atoms with Crippen molar-refractivity contribution in [1.29, 1.82) is 0 Å². The molecule has 0 saturated carbocycles. The summed E-state index contributed by atoms with van der Waals surface area (Å²) >= 11 is 0. The van der Waals surface area contributed by atoms with Crippen molar-refractivity contribution < 1.29 is 37.6 Å². The minimum Gasteiger partial charge on any atom is -0.462 e. The van der Waals surface area contributed by atoms with Crippen LogP contribution in [0.15, 0.2) is 60.8 Å². The Kier molecular flexibility index (Phi) is 60.0. The van der Waals surface area contributed by atoms with E-state index in [-0.39, 0.29) is 38.6 Å². The average Bonchev–Trinajstić information content (AvgIpc) is 3.41. The highest BCUT2D eigenvalue weighted by Gasteiger charge is 2.26. The average molecular weight is 1090 g/mol. The molecule has 2 atom stereocenters. The van der Waals surface area contributed by atoms with E-state index in [1.54, 1.807) is 0 Å². The summed E-state index contributed by atoms with van der Waals surface area (Å²) in [5, 5.41) is 0. The van der Waals surface area contributed by atoms with Gasteiger partial charge >= 0.3 is 19.8 Å². The quantitative estimate of drug-likeness (QED) is 0.0264. The largest absolute Gasteiger partial charge is 0.472 e. The van der Waals surface area contributed by atoms with E-state index in [0.29, 0.717) is 6.42 Å². The molecule has 9 nitrogen and oxygen atoms in total. The first-order chi connectivity index (χ1) is 37.3. The van der Waals surface area contributed by atoms with Crippen LogP contribution in [0, 0.1) is 0 Å². The maximum atomic E-state index is 12.7. The smallest absolute Gasteiger partial charge is 0.462 e. The van der Waals surface area contributed by atoms with Gasteiger partial charge in [0.05, 0.1) is 13.2 Å².